The van der Waals surface area contributed by atoms with Crippen LogP contribution in [0.4, 0.5) is 9.59 Å². The predicted octanol–water partition coefficient (Wildman–Crippen LogP) is 3.20. The molecule has 0 N–H and O–H groups in total. The molecule has 0 heterocycles. The van der Waals surface area contributed by atoms with Crippen LogP contribution in [0.5, 0.6) is 0 Å². The molecule has 0 saturated heterocycles. The van der Waals surface area contributed by atoms with Crippen LogP contribution in [0.2, 0.25) is 19.6 Å². The summed E-state index contributed by atoms with van der Waals surface area (Å²) in [7, 11) is -1.98. The van der Waals surface area contributed by atoms with Gasteiger partial charge in [-0.25, -0.2) is 9.59 Å². The van der Waals surface area contributed by atoms with Crippen molar-refractivity contribution in [3.8, 4) is 0 Å². The highest BCUT2D eigenvalue weighted by Gasteiger charge is 2.19. The number of carbonyl (C=O) groups excluding carboxylic acids is 2. The summed E-state index contributed by atoms with van der Waals surface area (Å²) in [5.74, 6) is 0.216. The highest BCUT2D eigenvalue weighted by molar-refractivity contribution is 6.71. The number of hydrogen-bond acceptors (Lipinski definition) is 4. The van der Waals surface area contributed by atoms with Crippen LogP contribution in [0, 0.1) is 5.92 Å². The Kier molecular flexibility index (Phi) is 5.87. The van der Waals surface area contributed by atoms with Gasteiger partial charge in [0.15, 0.2) is 0 Å². The molecular formula is C9H18N2O4Si. The topological polar surface area (TPSA) is 77.3 Å². The first-order valence-corrected chi connectivity index (χ1v) is 8.43. The maximum absolute atomic E-state index is 11.0. The molecule has 2 amide bonds. The van der Waals surface area contributed by atoms with E-state index in [1.165, 1.54) is 0 Å². The van der Waals surface area contributed by atoms with Gasteiger partial charge in [0, 0.05) is 0 Å². The van der Waals surface area contributed by atoms with Crippen LogP contribution in [-0.4, -0.2) is 27.1 Å². The molecule has 16 heavy (non-hydrogen) atoms. The van der Waals surface area contributed by atoms with Crippen LogP contribution in [0.3, 0.4) is 0 Å². The number of carbonyl (C=O) groups is 2. The Bertz CT molecular complexity index is 284. The Hall–Kier alpha value is -1.24. The summed E-state index contributed by atoms with van der Waals surface area (Å²) < 4.78 is 9.63. The van der Waals surface area contributed by atoms with Crippen molar-refractivity contribution < 1.29 is 18.8 Å². The summed E-state index contributed by atoms with van der Waals surface area (Å²) >= 11 is 0. The van der Waals surface area contributed by atoms with Gasteiger partial charge in [-0.15, -0.1) is 0 Å². The third-order valence-corrected chi connectivity index (χ3v) is 1.93. The molecule has 0 aliphatic heterocycles. The van der Waals surface area contributed by atoms with Crippen LogP contribution in [-0.2, 0) is 9.16 Å². The van der Waals surface area contributed by atoms with E-state index in [2.05, 4.69) is 15.0 Å². The smallest absolute Gasteiger partial charge is 0.452 e. The zero-order chi connectivity index (χ0) is 12.8. The first-order valence-electron chi connectivity index (χ1n) is 5.02. The summed E-state index contributed by atoms with van der Waals surface area (Å²) in [6.07, 6.45) is -1.72. The minimum atomic E-state index is -1.98. The Morgan fingerprint density at radius 2 is 1.62 bits per heavy atom. The molecule has 0 unspecified atom stereocenters. The second kappa shape index (κ2) is 6.36. The van der Waals surface area contributed by atoms with E-state index < -0.39 is 20.5 Å². The van der Waals surface area contributed by atoms with E-state index in [-0.39, 0.29) is 12.5 Å². The number of rotatable bonds is 3. The van der Waals surface area contributed by atoms with Gasteiger partial charge >= 0.3 is 12.2 Å². The molecule has 0 aromatic heterocycles. The zero-order valence-electron chi connectivity index (χ0n) is 10.3. The fourth-order valence-corrected chi connectivity index (χ4v) is 1.20. The van der Waals surface area contributed by atoms with Crippen molar-refractivity contribution in [1.29, 1.82) is 0 Å². The van der Waals surface area contributed by atoms with Crippen LogP contribution in [0.15, 0.2) is 10.2 Å². The molecule has 7 heteroatoms. The van der Waals surface area contributed by atoms with Crippen molar-refractivity contribution in [2.24, 2.45) is 16.1 Å². The summed E-state index contributed by atoms with van der Waals surface area (Å²) in [6.45, 7) is 9.53. The highest BCUT2D eigenvalue weighted by Crippen LogP contribution is 2.04. The summed E-state index contributed by atoms with van der Waals surface area (Å²) in [4.78, 5) is 22.0. The minimum absolute atomic E-state index is 0.216. The van der Waals surface area contributed by atoms with Gasteiger partial charge in [0.1, 0.15) is 0 Å². The second-order valence-corrected chi connectivity index (χ2v) is 9.08. The molecule has 0 aliphatic carbocycles. The Morgan fingerprint density at radius 3 is 2.06 bits per heavy atom. The molecule has 0 atom stereocenters. The van der Waals surface area contributed by atoms with Crippen LogP contribution in [0.1, 0.15) is 13.8 Å². The molecule has 92 valence electrons. The molecule has 0 bridgehead atoms. The van der Waals surface area contributed by atoms with E-state index in [9.17, 15) is 9.59 Å². The average Bonchev–Trinajstić information content (AvgIpc) is 2.08. The zero-order valence-corrected chi connectivity index (χ0v) is 11.3. The molecule has 6 nitrogen and oxygen atoms in total. The number of hydrogen-bond donors (Lipinski definition) is 0. The van der Waals surface area contributed by atoms with Crippen LogP contribution >= 0.6 is 0 Å². The van der Waals surface area contributed by atoms with Gasteiger partial charge in [0.2, 0.25) is 8.32 Å². The van der Waals surface area contributed by atoms with Gasteiger partial charge < -0.3 is 9.16 Å². The van der Waals surface area contributed by atoms with Crippen molar-refractivity contribution in [2.75, 3.05) is 6.61 Å². The van der Waals surface area contributed by atoms with E-state index >= 15 is 0 Å². The maximum atomic E-state index is 11.0. The Labute approximate surface area is 96.2 Å². The van der Waals surface area contributed by atoms with Crippen LogP contribution in [0.25, 0.3) is 0 Å². The molecule has 0 aromatic carbocycles. The maximum Gasteiger partial charge on any atom is 0.452 e. The highest BCUT2D eigenvalue weighted by atomic mass is 28.4. The van der Waals surface area contributed by atoms with Gasteiger partial charge in [0.05, 0.1) is 6.61 Å². The molecule has 0 aromatic rings. The summed E-state index contributed by atoms with van der Waals surface area (Å²) in [5.41, 5.74) is 0. The minimum Gasteiger partial charge on any atom is -0.502 e. The Balaban J connectivity index is 3.99. The molecule has 0 radical (unpaired) electrons. The van der Waals surface area contributed by atoms with Crippen molar-refractivity contribution in [1.82, 2.24) is 0 Å². The number of amides is 2. The normalized spacial score (nSPS) is 11.9. The second-order valence-electron chi connectivity index (χ2n) is 4.65. The summed E-state index contributed by atoms with van der Waals surface area (Å²) in [5, 5.41) is 6.20. The van der Waals surface area contributed by atoms with Gasteiger partial charge in [-0.2, -0.15) is 0 Å². The molecule has 0 spiro atoms. The molecule has 0 aliphatic rings. The lowest BCUT2D eigenvalue weighted by Gasteiger charge is -2.13. The first kappa shape index (κ1) is 14.8. The molecular weight excluding hydrogens is 228 g/mol. The van der Waals surface area contributed by atoms with Crippen molar-refractivity contribution in [3.05, 3.63) is 0 Å². The van der Waals surface area contributed by atoms with E-state index in [1.807, 2.05) is 33.5 Å². The lowest BCUT2D eigenvalue weighted by atomic mass is 10.2. The van der Waals surface area contributed by atoms with E-state index in [0.29, 0.717) is 0 Å². The third-order valence-electron chi connectivity index (χ3n) is 1.15. The number of nitrogens with zero attached hydrogens (tertiary/aromatic N) is 2. The fraction of sp³-hybridized carbons (Fsp3) is 0.778. The van der Waals surface area contributed by atoms with E-state index in [4.69, 9.17) is 4.43 Å². The average molecular weight is 246 g/mol. The molecule has 0 fully saturated rings. The molecule has 0 rings (SSSR count). The van der Waals surface area contributed by atoms with Crippen molar-refractivity contribution in [2.45, 2.75) is 33.5 Å². The SMILES string of the molecule is CC(C)COC(=O)N=NC(=O)O[Si](C)(C)C. The Morgan fingerprint density at radius 1 is 1.12 bits per heavy atom. The fourth-order valence-electron chi connectivity index (χ4n) is 0.631. The lowest BCUT2D eigenvalue weighted by molar-refractivity contribution is 0.141. The molecule has 0 saturated carbocycles. The standard InChI is InChI=1S/C9H18N2O4Si/c1-7(2)6-14-8(12)10-11-9(13)15-16(3,4)5/h7H,6H2,1-5H3. The number of azo groups is 1. The van der Waals surface area contributed by atoms with Crippen LogP contribution < -0.4 is 0 Å². The van der Waals surface area contributed by atoms with Gasteiger partial charge in [-0.1, -0.05) is 24.1 Å². The van der Waals surface area contributed by atoms with Crippen molar-refractivity contribution in [3.63, 3.8) is 0 Å². The van der Waals surface area contributed by atoms with Gasteiger partial charge in [0.25, 0.3) is 0 Å². The number of ether oxygens (including phenoxy) is 1. The van der Waals surface area contributed by atoms with Gasteiger partial charge in [-0.3, -0.25) is 0 Å². The quantitative estimate of drug-likeness (QED) is 0.566. The predicted molar refractivity (Wildman–Crippen MR) is 60.9 cm³/mol. The lowest BCUT2D eigenvalue weighted by Crippen LogP contribution is -2.27. The van der Waals surface area contributed by atoms with Gasteiger partial charge in [-0.05, 0) is 25.6 Å². The summed E-state index contributed by atoms with van der Waals surface area (Å²) in [6, 6.07) is 0. The van der Waals surface area contributed by atoms with E-state index in [1.54, 1.807) is 0 Å². The first-order chi connectivity index (χ1) is 7.20. The monoisotopic (exact) mass is 246 g/mol. The van der Waals surface area contributed by atoms with Crippen molar-refractivity contribution >= 4 is 20.5 Å². The third kappa shape index (κ3) is 9.32. The largest absolute Gasteiger partial charge is 0.502 e. The van der Waals surface area contributed by atoms with E-state index in [0.717, 1.165) is 0 Å².